The van der Waals surface area contributed by atoms with Crippen molar-refractivity contribution in [1.82, 2.24) is 4.90 Å². The minimum absolute atomic E-state index is 0.000616. The Morgan fingerprint density at radius 1 is 1.12 bits per heavy atom. The summed E-state index contributed by atoms with van der Waals surface area (Å²) in [5, 5.41) is 2.99. The summed E-state index contributed by atoms with van der Waals surface area (Å²) in [6.07, 6.45) is 4.19. The maximum absolute atomic E-state index is 12.8. The highest BCUT2D eigenvalue weighted by Crippen LogP contribution is 2.28. The highest BCUT2D eigenvalue weighted by atomic mass is 16.2. The zero-order valence-corrected chi connectivity index (χ0v) is 15.3. The molecule has 1 fully saturated rings. The van der Waals surface area contributed by atoms with E-state index >= 15 is 0 Å². The number of nitrogens with one attached hydrogen (secondary N) is 1. The first-order valence-corrected chi connectivity index (χ1v) is 8.89. The molecule has 0 radical (unpaired) electrons. The van der Waals surface area contributed by atoms with Gasteiger partial charge in [0.1, 0.15) is 0 Å². The number of hydrogen-bond donors (Lipinski definition) is 1. The number of carbonyl (C=O) groups excluding carboxylic acids is 2. The normalized spacial score (nSPS) is 14.5. The smallest absolute Gasteiger partial charge is 0.256 e. The van der Waals surface area contributed by atoms with Crippen molar-refractivity contribution in [2.24, 2.45) is 5.92 Å². The van der Waals surface area contributed by atoms with Crippen LogP contribution in [-0.4, -0.2) is 43.9 Å². The van der Waals surface area contributed by atoms with E-state index in [9.17, 15) is 9.59 Å². The molecular weight excluding hydrogens is 302 g/mol. The first-order chi connectivity index (χ1) is 11.5. The molecule has 2 amide bonds. The lowest BCUT2D eigenvalue weighted by Gasteiger charge is -2.24. The highest BCUT2D eigenvalue weighted by Gasteiger charge is 2.24. The van der Waals surface area contributed by atoms with Gasteiger partial charge < -0.3 is 15.1 Å². The number of anilines is 2. The number of amides is 2. The topological polar surface area (TPSA) is 52.7 Å². The summed E-state index contributed by atoms with van der Waals surface area (Å²) in [6.45, 7) is 5.28. The molecule has 1 aliphatic rings. The second kappa shape index (κ2) is 8.18. The van der Waals surface area contributed by atoms with Crippen LogP contribution in [-0.2, 0) is 4.79 Å². The second-order valence-electron chi connectivity index (χ2n) is 6.57. The van der Waals surface area contributed by atoms with Crippen molar-refractivity contribution < 1.29 is 9.59 Å². The third-order valence-corrected chi connectivity index (χ3v) is 4.75. The lowest BCUT2D eigenvalue weighted by atomic mass is 10.1. The summed E-state index contributed by atoms with van der Waals surface area (Å²) in [7, 11) is 3.84. The molecule has 5 heteroatoms. The van der Waals surface area contributed by atoms with E-state index in [1.165, 1.54) is 0 Å². The van der Waals surface area contributed by atoms with Crippen molar-refractivity contribution in [2.45, 2.75) is 39.5 Å². The Morgan fingerprint density at radius 2 is 1.75 bits per heavy atom. The molecule has 0 saturated heterocycles. The maximum atomic E-state index is 12.8. The molecule has 0 aromatic heterocycles. The molecule has 0 spiro atoms. The van der Waals surface area contributed by atoms with Crippen LogP contribution in [0.4, 0.5) is 11.4 Å². The quantitative estimate of drug-likeness (QED) is 0.869. The van der Waals surface area contributed by atoms with Crippen LogP contribution >= 0.6 is 0 Å². The van der Waals surface area contributed by atoms with Crippen LogP contribution in [0.5, 0.6) is 0 Å². The van der Waals surface area contributed by atoms with E-state index in [-0.39, 0.29) is 17.7 Å². The van der Waals surface area contributed by atoms with Crippen molar-refractivity contribution in [3.05, 3.63) is 23.8 Å². The molecule has 0 atom stereocenters. The van der Waals surface area contributed by atoms with Gasteiger partial charge >= 0.3 is 0 Å². The Kier molecular flexibility index (Phi) is 6.23. The maximum Gasteiger partial charge on any atom is 0.256 e. The van der Waals surface area contributed by atoms with Crippen LogP contribution in [0.3, 0.4) is 0 Å². The van der Waals surface area contributed by atoms with Crippen molar-refractivity contribution in [1.29, 1.82) is 0 Å². The Bertz CT molecular complexity index is 588. The van der Waals surface area contributed by atoms with E-state index in [0.717, 1.165) is 31.4 Å². The molecule has 0 aliphatic heterocycles. The van der Waals surface area contributed by atoms with Crippen LogP contribution in [0.15, 0.2) is 18.2 Å². The molecule has 1 saturated carbocycles. The van der Waals surface area contributed by atoms with E-state index in [1.54, 1.807) is 4.90 Å². The third kappa shape index (κ3) is 4.08. The summed E-state index contributed by atoms with van der Waals surface area (Å²) in [4.78, 5) is 28.9. The van der Waals surface area contributed by atoms with Crippen LogP contribution in [0, 0.1) is 5.92 Å². The van der Waals surface area contributed by atoms with Crippen molar-refractivity contribution in [3.8, 4) is 0 Å². The Labute approximate surface area is 145 Å². The molecule has 132 valence electrons. The zero-order chi connectivity index (χ0) is 17.7. The van der Waals surface area contributed by atoms with Gasteiger partial charge in [-0.15, -0.1) is 0 Å². The van der Waals surface area contributed by atoms with Gasteiger partial charge in [-0.2, -0.15) is 0 Å². The van der Waals surface area contributed by atoms with Gasteiger partial charge in [-0.25, -0.2) is 0 Å². The van der Waals surface area contributed by atoms with E-state index < -0.39 is 0 Å². The summed E-state index contributed by atoms with van der Waals surface area (Å²) >= 11 is 0. The first kappa shape index (κ1) is 18.3. The van der Waals surface area contributed by atoms with Crippen LogP contribution in [0.25, 0.3) is 0 Å². The minimum atomic E-state index is 0.000616. The lowest BCUT2D eigenvalue weighted by Crippen LogP contribution is -2.32. The molecule has 0 bridgehead atoms. The average Bonchev–Trinajstić information content (AvgIpc) is 3.10. The van der Waals surface area contributed by atoms with Gasteiger partial charge in [0.15, 0.2) is 0 Å². The lowest BCUT2D eigenvalue weighted by molar-refractivity contribution is -0.119. The molecule has 1 aromatic carbocycles. The highest BCUT2D eigenvalue weighted by molar-refractivity contribution is 6.02. The van der Waals surface area contributed by atoms with E-state index in [0.29, 0.717) is 24.3 Å². The fourth-order valence-electron chi connectivity index (χ4n) is 3.29. The average molecular weight is 331 g/mol. The summed E-state index contributed by atoms with van der Waals surface area (Å²) < 4.78 is 0. The summed E-state index contributed by atoms with van der Waals surface area (Å²) in [5.74, 6) is 0.187. The van der Waals surface area contributed by atoms with Gasteiger partial charge in [0, 0.05) is 44.5 Å². The largest absolute Gasteiger partial charge is 0.377 e. The summed E-state index contributed by atoms with van der Waals surface area (Å²) in [6, 6.07) is 5.59. The molecule has 0 heterocycles. The molecule has 24 heavy (non-hydrogen) atoms. The predicted molar refractivity (Wildman–Crippen MR) is 98.6 cm³/mol. The van der Waals surface area contributed by atoms with E-state index in [1.807, 2.05) is 51.0 Å². The van der Waals surface area contributed by atoms with Crippen molar-refractivity contribution >= 4 is 23.2 Å². The SMILES string of the molecule is CCN(CC)C(=O)c1cc(NC(=O)C2CCCC2)ccc1N(C)C. The Morgan fingerprint density at radius 3 is 2.29 bits per heavy atom. The van der Waals surface area contributed by atoms with Crippen LogP contribution in [0.2, 0.25) is 0 Å². The number of rotatable bonds is 6. The van der Waals surface area contributed by atoms with Gasteiger partial charge in [-0.3, -0.25) is 9.59 Å². The predicted octanol–water partition coefficient (Wildman–Crippen LogP) is 3.36. The molecular formula is C19H29N3O2. The Hall–Kier alpha value is -2.04. The van der Waals surface area contributed by atoms with Gasteiger partial charge in [-0.05, 0) is 44.9 Å². The molecule has 1 aliphatic carbocycles. The van der Waals surface area contributed by atoms with Crippen molar-refractivity contribution in [2.75, 3.05) is 37.4 Å². The number of nitrogens with zero attached hydrogens (tertiary/aromatic N) is 2. The van der Waals surface area contributed by atoms with Crippen LogP contribution in [0.1, 0.15) is 49.9 Å². The Balaban J connectivity index is 2.26. The van der Waals surface area contributed by atoms with Gasteiger partial charge in [-0.1, -0.05) is 12.8 Å². The molecule has 1 aromatic rings. The van der Waals surface area contributed by atoms with E-state index in [4.69, 9.17) is 0 Å². The molecule has 5 nitrogen and oxygen atoms in total. The van der Waals surface area contributed by atoms with E-state index in [2.05, 4.69) is 5.32 Å². The first-order valence-electron chi connectivity index (χ1n) is 8.89. The number of carbonyl (C=O) groups is 2. The standard InChI is InChI=1S/C19H29N3O2/c1-5-22(6-2)19(24)16-13-15(11-12-17(16)21(3)4)20-18(23)14-9-7-8-10-14/h11-14H,5-10H2,1-4H3,(H,20,23). The van der Waals surface area contributed by atoms with Crippen molar-refractivity contribution in [3.63, 3.8) is 0 Å². The molecule has 2 rings (SSSR count). The molecule has 1 N–H and O–H groups in total. The second-order valence-corrected chi connectivity index (χ2v) is 6.57. The fraction of sp³-hybridized carbons (Fsp3) is 0.579. The zero-order valence-electron chi connectivity index (χ0n) is 15.3. The van der Waals surface area contributed by atoms with Crippen LogP contribution < -0.4 is 10.2 Å². The van der Waals surface area contributed by atoms with Gasteiger partial charge in [0.25, 0.3) is 5.91 Å². The monoisotopic (exact) mass is 331 g/mol. The molecule has 0 unspecified atom stereocenters. The van der Waals surface area contributed by atoms with Gasteiger partial charge in [0.05, 0.1) is 5.56 Å². The van der Waals surface area contributed by atoms with Gasteiger partial charge in [0.2, 0.25) is 5.91 Å². The summed E-state index contributed by atoms with van der Waals surface area (Å²) in [5.41, 5.74) is 2.20. The minimum Gasteiger partial charge on any atom is -0.377 e. The third-order valence-electron chi connectivity index (χ3n) is 4.75. The fourth-order valence-corrected chi connectivity index (χ4v) is 3.29. The number of benzene rings is 1. The number of hydrogen-bond acceptors (Lipinski definition) is 3.